The van der Waals surface area contributed by atoms with Crippen LogP contribution in [-0.2, 0) is 0 Å². The standard InChI is InChI=1S/C9H7I2N5OS/c10-16-6(7(12)15-9(16)18-11)8(17)14-5-2-1-3-13-4-5/h1-4H,12H2,(H,14,17). The highest BCUT2D eigenvalue weighted by molar-refractivity contribution is 14.2. The quantitative estimate of drug-likeness (QED) is 0.651. The van der Waals surface area contributed by atoms with E-state index in [1.54, 1.807) is 27.3 Å². The molecule has 2 heterocycles. The van der Waals surface area contributed by atoms with E-state index in [-0.39, 0.29) is 11.7 Å². The number of nitrogens with two attached hydrogens (primary N) is 1. The van der Waals surface area contributed by atoms with Crippen LogP contribution in [0.5, 0.6) is 0 Å². The lowest BCUT2D eigenvalue weighted by Crippen LogP contribution is -2.16. The molecule has 9 heteroatoms. The van der Waals surface area contributed by atoms with Gasteiger partial charge in [-0.25, -0.2) is 4.98 Å². The van der Waals surface area contributed by atoms with E-state index in [1.807, 2.05) is 22.9 Å². The number of carbonyl (C=O) groups is 1. The molecule has 0 aliphatic carbocycles. The van der Waals surface area contributed by atoms with Crippen LogP contribution in [-0.4, -0.2) is 18.7 Å². The number of nitrogens with one attached hydrogen (secondary N) is 1. The summed E-state index contributed by atoms with van der Waals surface area (Å²) in [6.07, 6.45) is 3.20. The number of aromatic nitrogens is 3. The van der Waals surface area contributed by atoms with Crippen molar-refractivity contribution in [3.8, 4) is 0 Å². The van der Waals surface area contributed by atoms with E-state index in [4.69, 9.17) is 5.73 Å². The molecule has 0 aliphatic rings. The van der Waals surface area contributed by atoms with E-state index in [0.29, 0.717) is 16.5 Å². The summed E-state index contributed by atoms with van der Waals surface area (Å²) in [6.45, 7) is 0. The molecule has 18 heavy (non-hydrogen) atoms. The van der Waals surface area contributed by atoms with Crippen LogP contribution >= 0.6 is 53.0 Å². The molecule has 0 atom stereocenters. The average Bonchev–Trinajstić information content (AvgIpc) is 2.65. The lowest BCUT2D eigenvalue weighted by Gasteiger charge is -2.05. The summed E-state index contributed by atoms with van der Waals surface area (Å²) in [5.74, 6) is -0.0935. The molecular weight excluding hydrogens is 480 g/mol. The van der Waals surface area contributed by atoms with Crippen LogP contribution < -0.4 is 11.1 Å². The Kier molecular flexibility index (Phi) is 4.66. The van der Waals surface area contributed by atoms with Crippen LogP contribution in [0.1, 0.15) is 10.5 Å². The van der Waals surface area contributed by atoms with Gasteiger partial charge >= 0.3 is 0 Å². The smallest absolute Gasteiger partial charge is 0.276 e. The Morgan fingerprint density at radius 3 is 2.89 bits per heavy atom. The Balaban J connectivity index is 2.27. The number of nitrogens with zero attached hydrogens (tertiary/aromatic N) is 3. The van der Waals surface area contributed by atoms with Crippen molar-refractivity contribution >= 4 is 70.4 Å². The Morgan fingerprint density at radius 1 is 1.56 bits per heavy atom. The van der Waals surface area contributed by atoms with Crippen LogP contribution in [0.4, 0.5) is 11.5 Å². The van der Waals surface area contributed by atoms with Crippen molar-refractivity contribution in [3.63, 3.8) is 0 Å². The van der Waals surface area contributed by atoms with Crippen LogP contribution in [0.2, 0.25) is 0 Å². The normalized spacial score (nSPS) is 10.3. The van der Waals surface area contributed by atoms with Gasteiger partial charge < -0.3 is 11.1 Å². The number of imidazole rings is 1. The molecule has 1 amide bonds. The Bertz CT molecular complexity index is 574. The fourth-order valence-corrected chi connectivity index (χ4v) is 4.45. The summed E-state index contributed by atoms with van der Waals surface area (Å²) in [5.41, 5.74) is 6.69. The van der Waals surface area contributed by atoms with Gasteiger partial charge in [-0.3, -0.25) is 12.6 Å². The first kappa shape index (κ1) is 13.9. The maximum absolute atomic E-state index is 12.1. The predicted molar refractivity (Wildman–Crippen MR) is 88.1 cm³/mol. The highest BCUT2D eigenvalue weighted by Gasteiger charge is 2.20. The largest absolute Gasteiger partial charge is 0.382 e. The maximum atomic E-state index is 12.1. The number of halogens is 2. The van der Waals surface area contributed by atoms with E-state index < -0.39 is 0 Å². The van der Waals surface area contributed by atoms with Crippen LogP contribution in [0.3, 0.4) is 0 Å². The molecule has 0 bridgehead atoms. The van der Waals surface area contributed by atoms with Gasteiger partial charge in [0.15, 0.2) is 16.7 Å². The van der Waals surface area contributed by atoms with Gasteiger partial charge in [0, 0.05) is 27.4 Å². The minimum atomic E-state index is -0.306. The van der Waals surface area contributed by atoms with Gasteiger partial charge in [-0.15, -0.1) is 0 Å². The second kappa shape index (κ2) is 6.06. The summed E-state index contributed by atoms with van der Waals surface area (Å²) in [4.78, 5) is 20.1. The molecule has 0 fully saturated rings. The highest BCUT2D eigenvalue weighted by atomic mass is 127. The molecular formula is C9H7I2N5OS. The Hall–Kier alpha value is -0.560. The number of carbonyl (C=O) groups excluding carboxylic acids is 1. The van der Waals surface area contributed by atoms with Crippen LogP contribution in [0.25, 0.3) is 0 Å². The first-order valence-corrected chi connectivity index (χ1v) is 9.00. The topological polar surface area (TPSA) is 85.8 Å². The second-order valence-corrected chi connectivity index (χ2v) is 5.99. The number of hydrogen-bond donors (Lipinski definition) is 2. The zero-order valence-electron chi connectivity index (χ0n) is 8.80. The predicted octanol–water partition coefficient (Wildman–Crippen LogP) is 2.75. The zero-order valence-corrected chi connectivity index (χ0v) is 13.9. The molecule has 0 aromatic carbocycles. The van der Waals surface area contributed by atoms with Crippen molar-refractivity contribution in [1.29, 1.82) is 0 Å². The van der Waals surface area contributed by atoms with Crippen molar-refractivity contribution in [2.45, 2.75) is 5.16 Å². The van der Waals surface area contributed by atoms with E-state index >= 15 is 0 Å². The molecule has 94 valence electrons. The van der Waals surface area contributed by atoms with Crippen molar-refractivity contribution < 1.29 is 4.79 Å². The van der Waals surface area contributed by atoms with E-state index in [0.717, 1.165) is 0 Å². The van der Waals surface area contributed by atoms with Crippen LogP contribution in [0, 0.1) is 0 Å². The third kappa shape index (κ3) is 2.88. The van der Waals surface area contributed by atoms with Crippen LogP contribution in [0.15, 0.2) is 29.7 Å². The minimum Gasteiger partial charge on any atom is -0.382 e. The lowest BCUT2D eigenvalue weighted by molar-refractivity contribution is 0.102. The monoisotopic (exact) mass is 487 g/mol. The van der Waals surface area contributed by atoms with Crippen molar-refractivity contribution in [1.82, 2.24) is 12.7 Å². The number of anilines is 2. The first-order chi connectivity index (χ1) is 8.63. The molecule has 0 saturated heterocycles. The van der Waals surface area contributed by atoms with Gasteiger partial charge in [0.25, 0.3) is 5.91 Å². The fourth-order valence-electron chi connectivity index (χ4n) is 1.28. The molecule has 2 aromatic rings. The first-order valence-electron chi connectivity index (χ1n) is 4.68. The molecule has 0 spiro atoms. The number of rotatable bonds is 3. The average molecular weight is 487 g/mol. The van der Waals surface area contributed by atoms with E-state index in [9.17, 15) is 4.79 Å². The summed E-state index contributed by atoms with van der Waals surface area (Å²) in [6, 6.07) is 3.50. The zero-order chi connectivity index (χ0) is 13.1. The maximum Gasteiger partial charge on any atom is 0.276 e. The molecule has 0 radical (unpaired) electrons. The number of pyridine rings is 1. The van der Waals surface area contributed by atoms with Gasteiger partial charge in [0.1, 0.15) is 0 Å². The SMILES string of the molecule is Nc1nc(SI)n(I)c1C(=O)Nc1cccnc1. The van der Waals surface area contributed by atoms with Gasteiger partial charge in [-0.1, -0.05) is 0 Å². The van der Waals surface area contributed by atoms with Gasteiger partial charge in [0.05, 0.1) is 34.7 Å². The molecule has 6 nitrogen and oxygen atoms in total. The van der Waals surface area contributed by atoms with Gasteiger partial charge in [0.2, 0.25) is 0 Å². The second-order valence-electron chi connectivity index (χ2n) is 3.18. The summed E-state index contributed by atoms with van der Waals surface area (Å²) >= 11 is 4.08. The van der Waals surface area contributed by atoms with E-state index in [1.165, 1.54) is 8.93 Å². The molecule has 0 aliphatic heterocycles. The minimum absolute atomic E-state index is 0.213. The third-order valence-electron chi connectivity index (χ3n) is 2.03. The van der Waals surface area contributed by atoms with Crippen molar-refractivity contribution in [2.75, 3.05) is 11.1 Å². The van der Waals surface area contributed by atoms with Crippen molar-refractivity contribution in [3.05, 3.63) is 30.2 Å². The highest BCUT2D eigenvalue weighted by Crippen LogP contribution is 2.30. The molecule has 2 rings (SSSR count). The molecule has 3 N–H and O–H groups in total. The fraction of sp³-hybridized carbons (Fsp3) is 0. The summed E-state index contributed by atoms with van der Waals surface area (Å²) < 4.78 is 1.63. The molecule has 2 aromatic heterocycles. The Labute approximate surface area is 133 Å². The third-order valence-corrected chi connectivity index (χ3v) is 4.89. The molecule has 0 saturated carbocycles. The number of nitrogen functional groups attached to an aromatic ring is 1. The summed E-state index contributed by atoms with van der Waals surface area (Å²) in [5, 5.41) is 3.39. The van der Waals surface area contributed by atoms with Gasteiger partial charge in [-0.2, -0.15) is 0 Å². The van der Waals surface area contributed by atoms with Crippen molar-refractivity contribution in [2.24, 2.45) is 0 Å². The van der Waals surface area contributed by atoms with Gasteiger partial charge in [-0.05, 0) is 21.1 Å². The van der Waals surface area contributed by atoms with E-state index in [2.05, 4.69) is 36.5 Å². The summed E-state index contributed by atoms with van der Waals surface area (Å²) in [7, 11) is 1.40. The molecule has 0 unspecified atom stereocenters. The lowest BCUT2D eigenvalue weighted by atomic mass is 10.3. The number of hydrogen-bond acceptors (Lipinski definition) is 5. The Morgan fingerprint density at radius 2 is 2.33 bits per heavy atom. The number of amides is 1.